The van der Waals surface area contributed by atoms with Gasteiger partial charge in [0.25, 0.3) is 5.56 Å². The third kappa shape index (κ3) is 4.04. The second-order valence-electron chi connectivity index (χ2n) is 6.99. The lowest BCUT2D eigenvalue weighted by molar-refractivity contribution is -0.127. The zero-order valence-corrected chi connectivity index (χ0v) is 17.6. The van der Waals surface area contributed by atoms with Crippen LogP contribution in [0.2, 0.25) is 0 Å². The Balaban J connectivity index is 1.89. The summed E-state index contributed by atoms with van der Waals surface area (Å²) < 4.78 is 1.68. The van der Waals surface area contributed by atoms with Gasteiger partial charge in [0.15, 0.2) is 5.16 Å². The maximum Gasteiger partial charge on any atom is 0.263 e. The number of carbonyl (C=O) groups excluding carboxylic acids is 1. The predicted octanol–water partition coefficient (Wildman–Crippen LogP) is 3.07. The van der Waals surface area contributed by atoms with E-state index in [9.17, 15) is 9.59 Å². The molecule has 27 heavy (non-hydrogen) atoms. The fourth-order valence-corrected chi connectivity index (χ4v) is 5.80. The summed E-state index contributed by atoms with van der Waals surface area (Å²) in [4.78, 5) is 33.7. The average Bonchev–Trinajstić information content (AvgIpc) is 3.01. The molecule has 1 unspecified atom stereocenters. The normalized spacial score (nSPS) is 16.1. The van der Waals surface area contributed by atoms with E-state index < -0.39 is 0 Å². The minimum atomic E-state index is -0.0634. The third-order valence-electron chi connectivity index (χ3n) is 5.01. The summed E-state index contributed by atoms with van der Waals surface area (Å²) in [6.45, 7) is 5.13. The number of hydrogen-bond acceptors (Lipinski definition) is 6. The van der Waals surface area contributed by atoms with Crippen LogP contribution in [0.5, 0.6) is 0 Å². The van der Waals surface area contributed by atoms with E-state index in [1.54, 1.807) is 27.9 Å². The summed E-state index contributed by atoms with van der Waals surface area (Å²) in [5.41, 5.74) is 1.21. The standard InChI is InChI=1S/C19H24N4O2S2/c1-4-23-18(25)16-13-7-6-12(2)10-14(13)27-17(16)21-19(23)26-11-15(24)22(3)9-5-8-20/h12H,4-7,9-11H2,1-3H3. The topological polar surface area (TPSA) is 79.0 Å². The number of nitrogens with zero attached hydrogens (tertiary/aromatic N) is 4. The van der Waals surface area contributed by atoms with Gasteiger partial charge < -0.3 is 4.90 Å². The van der Waals surface area contributed by atoms with Crippen molar-refractivity contribution in [3.8, 4) is 6.07 Å². The van der Waals surface area contributed by atoms with E-state index in [2.05, 4.69) is 6.92 Å². The van der Waals surface area contributed by atoms with Crippen molar-refractivity contribution in [2.75, 3.05) is 19.3 Å². The van der Waals surface area contributed by atoms with Gasteiger partial charge in [-0.1, -0.05) is 18.7 Å². The second-order valence-corrected chi connectivity index (χ2v) is 9.01. The number of rotatable bonds is 6. The van der Waals surface area contributed by atoms with E-state index in [4.69, 9.17) is 10.2 Å². The van der Waals surface area contributed by atoms with Crippen molar-refractivity contribution < 1.29 is 4.79 Å². The van der Waals surface area contributed by atoms with Crippen LogP contribution in [0.1, 0.15) is 37.1 Å². The molecule has 0 aliphatic heterocycles. The minimum absolute atomic E-state index is 0.0161. The first-order valence-corrected chi connectivity index (χ1v) is 11.0. The van der Waals surface area contributed by atoms with Gasteiger partial charge in [0.1, 0.15) is 4.83 Å². The SMILES string of the molecule is CCn1c(SCC(=O)N(C)CCC#N)nc2sc3c(c2c1=O)CCC(C)C3. The fraction of sp³-hybridized carbons (Fsp3) is 0.579. The number of amides is 1. The summed E-state index contributed by atoms with van der Waals surface area (Å²) in [6, 6.07) is 2.04. The zero-order valence-electron chi connectivity index (χ0n) is 15.9. The molecule has 2 aromatic heterocycles. The Kier molecular flexibility index (Phi) is 6.22. The molecule has 0 saturated heterocycles. The molecule has 1 amide bonds. The van der Waals surface area contributed by atoms with Crippen LogP contribution in [0.4, 0.5) is 0 Å². The van der Waals surface area contributed by atoms with Crippen LogP contribution in [0.3, 0.4) is 0 Å². The number of aromatic nitrogens is 2. The Morgan fingerprint density at radius 1 is 1.52 bits per heavy atom. The fourth-order valence-electron chi connectivity index (χ4n) is 3.37. The van der Waals surface area contributed by atoms with Gasteiger partial charge in [0.05, 0.1) is 23.6 Å². The van der Waals surface area contributed by atoms with Gasteiger partial charge >= 0.3 is 0 Å². The molecule has 0 radical (unpaired) electrons. The molecule has 1 atom stereocenters. The van der Waals surface area contributed by atoms with Crippen LogP contribution in [0.25, 0.3) is 10.2 Å². The first-order chi connectivity index (χ1) is 13.0. The smallest absolute Gasteiger partial charge is 0.263 e. The van der Waals surface area contributed by atoms with Crippen molar-refractivity contribution >= 4 is 39.2 Å². The summed E-state index contributed by atoms with van der Waals surface area (Å²) >= 11 is 2.93. The number of thioether (sulfide) groups is 1. The number of thiophene rings is 1. The highest BCUT2D eigenvalue weighted by molar-refractivity contribution is 7.99. The molecule has 1 aliphatic carbocycles. The Morgan fingerprint density at radius 3 is 3.00 bits per heavy atom. The quantitative estimate of drug-likeness (QED) is 0.546. The maximum atomic E-state index is 13.1. The van der Waals surface area contributed by atoms with Crippen LogP contribution in [-0.2, 0) is 24.2 Å². The first-order valence-electron chi connectivity index (χ1n) is 9.25. The largest absolute Gasteiger partial charge is 0.344 e. The average molecular weight is 405 g/mol. The number of nitriles is 1. The van der Waals surface area contributed by atoms with Gasteiger partial charge in [-0.05, 0) is 37.7 Å². The van der Waals surface area contributed by atoms with Crippen molar-refractivity contribution in [3.63, 3.8) is 0 Å². The zero-order chi connectivity index (χ0) is 19.6. The Morgan fingerprint density at radius 2 is 2.30 bits per heavy atom. The molecule has 0 saturated carbocycles. The molecular weight excluding hydrogens is 380 g/mol. The van der Waals surface area contributed by atoms with E-state index in [-0.39, 0.29) is 17.2 Å². The highest BCUT2D eigenvalue weighted by Gasteiger charge is 2.24. The van der Waals surface area contributed by atoms with Gasteiger partial charge in [0.2, 0.25) is 5.91 Å². The number of carbonyl (C=O) groups is 1. The molecule has 0 fully saturated rings. The van der Waals surface area contributed by atoms with E-state index in [1.807, 2.05) is 13.0 Å². The lowest BCUT2D eigenvalue weighted by Crippen LogP contribution is -2.30. The van der Waals surface area contributed by atoms with Crippen LogP contribution in [0, 0.1) is 17.2 Å². The monoisotopic (exact) mass is 404 g/mol. The van der Waals surface area contributed by atoms with Gasteiger partial charge in [-0.2, -0.15) is 5.26 Å². The Bertz CT molecular complexity index is 957. The Hall–Kier alpha value is -1.85. The molecule has 144 valence electrons. The van der Waals surface area contributed by atoms with Crippen molar-refractivity contribution in [1.29, 1.82) is 5.26 Å². The number of aryl methyl sites for hydroxylation is 1. The van der Waals surface area contributed by atoms with Gasteiger partial charge in [-0.3, -0.25) is 14.2 Å². The molecule has 0 aromatic carbocycles. The molecule has 2 aromatic rings. The van der Waals surface area contributed by atoms with Gasteiger partial charge in [-0.25, -0.2) is 4.98 Å². The summed E-state index contributed by atoms with van der Waals surface area (Å²) in [5.74, 6) is 0.795. The Labute approximate surface area is 167 Å². The third-order valence-corrected chi connectivity index (χ3v) is 7.12. The van der Waals surface area contributed by atoms with Crippen molar-refractivity contribution in [2.24, 2.45) is 5.92 Å². The molecule has 3 rings (SSSR count). The maximum absolute atomic E-state index is 13.1. The van der Waals surface area contributed by atoms with Crippen LogP contribution in [0.15, 0.2) is 9.95 Å². The van der Waals surface area contributed by atoms with Crippen LogP contribution < -0.4 is 5.56 Å². The lowest BCUT2D eigenvalue weighted by atomic mass is 9.89. The molecule has 8 heteroatoms. The molecular formula is C19H24N4O2S2. The molecule has 2 heterocycles. The van der Waals surface area contributed by atoms with E-state index in [0.717, 1.165) is 29.5 Å². The van der Waals surface area contributed by atoms with Crippen LogP contribution in [-0.4, -0.2) is 39.7 Å². The highest BCUT2D eigenvalue weighted by Crippen LogP contribution is 2.36. The van der Waals surface area contributed by atoms with Crippen molar-refractivity contribution in [1.82, 2.24) is 14.5 Å². The predicted molar refractivity (Wildman–Crippen MR) is 109 cm³/mol. The molecule has 0 spiro atoms. The summed E-state index contributed by atoms with van der Waals surface area (Å²) in [7, 11) is 1.69. The molecule has 0 bridgehead atoms. The van der Waals surface area contributed by atoms with Crippen LogP contribution >= 0.6 is 23.1 Å². The van der Waals surface area contributed by atoms with E-state index in [0.29, 0.717) is 30.6 Å². The van der Waals surface area contributed by atoms with Gasteiger partial charge in [0, 0.05) is 25.0 Å². The number of hydrogen-bond donors (Lipinski definition) is 0. The summed E-state index contributed by atoms with van der Waals surface area (Å²) in [5, 5.41) is 10.0. The van der Waals surface area contributed by atoms with Crippen molar-refractivity contribution in [3.05, 3.63) is 20.8 Å². The number of fused-ring (bicyclic) bond motifs is 3. The minimum Gasteiger partial charge on any atom is -0.344 e. The van der Waals surface area contributed by atoms with E-state index >= 15 is 0 Å². The molecule has 1 aliphatic rings. The highest BCUT2D eigenvalue weighted by atomic mass is 32.2. The first kappa shape index (κ1) is 19.9. The van der Waals surface area contributed by atoms with Crippen molar-refractivity contribution in [2.45, 2.75) is 51.2 Å². The van der Waals surface area contributed by atoms with E-state index in [1.165, 1.54) is 22.2 Å². The van der Waals surface area contributed by atoms with Gasteiger partial charge in [-0.15, -0.1) is 11.3 Å². The molecule has 0 N–H and O–H groups in total. The lowest BCUT2D eigenvalue weighted by Gasteiger charge is -2.18. The summed E-state index contributed by atoms with van der Waals surface area (Å²) in [6.07, 6.45) is 3.40. The second kappa shape index (κ2) is 8.44. The molecule has 6 nitrogen and oxygen atoms in total.